The van der Waals surface area contributed by atoms with E-state index in [1.54, 1.807) is 0 Å². The number of aromatic nitrogens is 6. The molecular formula is C49H32N6. The molecule has 6 heteroatoms. The predicted octanol–water partition coefficient (Wildman–Crippen LogP) is 11.8. The van der Waals surface area contributed by atoms with Crippen LogP contribution in [0.4, 0.5) is 0 Å². The molecule has 6 nitrogen and oxygen atoms in total. The van der Waals surface area contributed by atoms with Crippen LogP contribution in [0.15, 0.2) is 194 Å². The Labute approximate surface area is 318 Å². The van der Waals surface area contributed by atoms with Crippen molar-refractivity contribution in [2.45, 2.75) is 0 Å². The SMILES string of the molecule is c1ccc(-c2cc(-c3ccc(-n4c5ccccc5c5ccccc54)c(-c4nc(-c5ccccc5)nc(-c5ccccc5)n4)c3)nc(-c3ccccc3)n2)cc1. The predicted molar refractivity (Wildman–Crippen MR) is 222 cm³/mol. The standard InChI is InChI=1S/C49H32N6/c1-5-17-33(18-6-1)41-32-42(51-46(50-41)34-19-7-2-8-20-34)37-29-30-45(55-43-27-15-13-25-38(43)39-26-14-16-28-44(39)55)40(31-37)49-53-47(35-21-9-3-10-22-35)52-48(54-49)36-23-11-4-12-24-36/h1-32H. The quantitative estimate of drug-likeness (QED) is 0.165. The van der Waals surface area contributed by atoms with Crippen LogP contribution in [-0.4, -0.2) is 29.5 Å². The van der Waals surface area contributed by atoms with Crippen molar-refractivity contribution in [3.8, 4) is 73.8 Å². The summed E-state index contributed by atoms with van der Waals surface area (Å²) in [6, 6.07) is 66.2. The molecule has 0 unspecified atom stereocenters. The van der Waals surface area contributed by atoms with Gasteiger partial charge in [0.25, 0.3) is 0 Å². The molecule has 0 bridgehead atoms. The number of para-hydroxylation sites is 2. The van der Waals surface area contributed by atoms with Crippen LogP contribution in [0.25, 0.3) is 95.6 Å². The first-order valence-electron chi connectivity index (χ1n) is 18.3. The van der Waals surface area contributed by atoms with E-state index in [0.717, 1.165) is 61.5 Å². The second-order valence-corrected chi connectivity index (χ2v) is 13.3. The maximum atomic E-state index is 5.23. The minimum absolute atomic E-state index is 0.562. The Bertz CT molecular complexity index is 2790. The largest absolute Gasteiger partial charge is 0.309 e. The van der Waals surface area contributed by atoms with E-state index in [1.807, 2.05) is 109 Å². The molecule has 0 atom stereocenters. The fourth-order valence-corrected chi connectivity index (χ4v) is 7.25. The van der Waals surface area contributed by atoms with Gasteiger partial charge in [-0.15, -0.1) is 0 Å². The summed E-state index contributed by atoms with van der Waals surface area (Å²) >= 11 is 0. The molecule has 0 radical (unpaired) electrons. The number of hydrogen-bond donors (Lipinski definition) is 0. The number of hydrogen-bond acceptors (Lipinski definition) is 5. The Hall–Kier alpha value is -7.57. The molecule has 55 heavy (non-hydrogen) atoms. The van der Waals surface area contributed by atoms with Gasteiger partial charge in [-0.05, 0) is 30.3 Å². The highest BCUT2D eigenvalue weighted by atomic mass is 15.1. The molecular weight excluding hydrogens is 673 g/mol. The third-order valence-electron chi connectivity index (χ3n) is 9.88. The topological polar surface area (TPSA) is 69.4 Å². The Balaban J connectivity index is 1.27. The third-order valence-corrected chi connectivity index (χ3v) is 9.88. The van der Waals surface area contributed by atoms with Crippen molar-refractivity contribution in [1.29, 1.82) is 0 Å². The first-order valence-corrected chi connectivity index (χ1v) is 18.3. The monoisotopic (exact) mass is 704 g/mol. The summed E-state index contributed by atoms with van der Waals surface area (Å²) in [5.41, 5.74) is 10.3. The van der Waals surface area contributed by atoms with E-state index in [4.69, 9.17) is 24.9 Å². The van der Waals surface area contributed by atoms with E-state index in [1.165, 1.54) is 10.8 Å². The summed E-state index contributed by atoms with van der Waals surface area (Å²) < 4.78 is 2.32. The zero-order valence-electron chi connectivity index (χ0n) is 29.7. The molecule has 10 aromatic rings. The molecule has 0 N–H and O–H groups in total. The van der Waals surface area contributed by atoms with Gasteiger partial charge in [-0.25, -0.2) is 24.9 Å². The molecule has 258 valence electrons. The maximum Gasteiger partial charge on any atom is 0.166 e. The van der Waals surface area contributed by atoms with E-state index in [9.17, 15) is 0 Å². The summed E-state index contributed by atoms with van der Waals surface area (Å²) in [5, 5.41) is 2.35. The molecule has 0 saturated heterocycles. The maximum absolute atomic E-state index is 5.23. The van der Waals surface area contributed by atoms with Crippen LogP contribution >= 0.6 is 0 Å². The summed E-state index contributed by atoms with van der Waals surface area (Å²) in [6.45, 7) is 0. The minimum Gasteiger partial charge on any atom is -0.309 e. The molecule has 3 heterocycles. The van der Waals surface area contributed by atoms with Crippen molar-refractivity contribution < 1.29 is 0 Å². The van der Waals surface area contributed by atoms with Gasteiger partial charge in [0.05, 0.1) is 28.1 Å². The summed E-state index contributed by atoms with van der Waals surface area (Å²) in [5.74, 6) is 2.42. The van der Waals surface area contributed by atoms with Gasteiger partial charge < -0.3 is 4.57 Å². The highest BCUT2D eigenvalue weighted by molar-refractivity contribution is 6.09. The Morgan fingerprint density at radius 3 is 1.20 bits per heavy atom. The lowest BCUT2D eigenvalue weighted by Gasteiger charge is -2.16. The normalized spacial score (nSPS) is 11.3. The molecule has 0 amide bonds. The first kappa shape index (κ1) is 32.1. The highest BCUT2D eigenvalue weighted by Gasteiger charge is 2.21. The van der Waals surface area contributed by atoms with Crippen LogP contribution in [0.3, 0.4) is 0 Å². The fraction of sp³-hybridized carbons (Fsp3) is 0. The molecule has 0 fully saturated rings. The zero-order chi connectivity index (χ0) is 36.6. The Morgan fingerprint density at radius 2 is 0.691 bits per heavy atom. The Morgan fingerprint density at radius 1 is 0.291 bits per heavy atom. The lowest BCUT2D eigenvalue weighted by molar-refractivity contribution is 1.06. The van der Waals surface area contributed by atoms with E-state index in [-0.39, 0.29) is 0 Å². The molecule has 7 aromatic carbocycles. The number of nitrogens with zero attached hydrogens (tertiary/aromatic N) is 6. The first-order chi connectivity index (χ1) is 27.3. The fourth-order valence-electron chi connectivity index (χ4n) is 7.25. The molecule has 10 rings (SSSR count). The van der Waals surface area contributed by atoms with Gasteiger partial charge in [-0.2, -0.15) is 0 Å². The smallest absolute Gasteiger partial charge is 0.166 e. The number of rotatable bonds is 7. The van der Waals surface area contributed by atoms with Crippen molar-refractivity contribution in [3.05, 3.63) is 194 Å². The molecule has 0 aliphatic carbocycles. The van der Waals surface area contributed by atoms with Gasteiger partial charge in [0.15, 0.2) is 23.3 Å². The number of fused-ring (bicyclic) bond motifs is 3. The summed E-state index contributed by atoms with van der Waals surface area (Å²) in [6.07, 6.45) is 0. The number of benzene rings is 7. The van der Waals surface area contributed by atoms with Gasteiger partial charge in [-0.1, -0.05) is 164 Å². The average molecular weight is 705 g/mol. The van der Waals surface area contributed by atoms with E-state index in [2.05, 4.69) is 89.5 Å². The van der Waals surface area contributed by atoms with Crippen molar-refractivity contribution in [2.24, 2.45) is 0 Å². The van der Waals surface area contributed by atoms with E-state index in [0.29, 0.717) is 23.3 Å². The van der Waals surface area contributed by atoms with E-state index >= 15 is 0 Å². The van der Waals surface area contributed by atoms with Crippen LogP contribution < -0.4 is 0 Å². The molecule has 0 aliphatic rings. The van der Waals surface area contributed by atoms with Crippen LogP contribution in [0.1, 0.15) is 0 Å². The van der Waals surface area contributed by atoms with Crippen molar-refractivity contribution >= 4 is 21.8 Å². The van der Waals surface area contributed by atoms with Crippen LogP contribution in [0.5, 0.6) is 0 Å². The molecule has 0 spiro atoms. The second-order valence-electron chi connectivity index (χ2n) is 13.3. The van der Waals surface area contributed by atoms with Gasteiger partial charge in [0.2, 0.25) is 0 Å². The van der Waals surface area contributed by atoms with Crippen LogP contribution in [-0.2, 0) is 0 Å². The van der Waals surface area contributed by atoms with Gasteiger partial charge in [0, 0.05) is 44.2 Å². The van der Waals surface area contributed by atoms with Crippen molar-refractivity contribution in [1.82, 2.24) is 29.5 Å². The van der Waals surface area contributed by atoms with Crippen molar-refractivity contribution in [2.75, 3.05) is 0 Å². The third kappa shape index (κ3) is 6.02. The molecule has 3 aromatic heterocycles. The molecule has 0 saturated carbocycles. The lowest BCUT2D eigenvalue weighted by atomic mass is 10.0. The van der Waals surface area contributed by atoms with Crippen molar-refractivity contribution in [3.63, 3.8) is 0 Å². The van der Waals surface area contributed by atoms with Gasteiger partial charge in [-0.3, -0.25) is 0 Å². The lowest BCUT2D eigenvalue weighted by Crippen LogP contribution is -2.04. The molecule has 0 aliphatic heterocycles. The highest BCUT2D eigenvalue weighted by Crippen LogP contribution is 2.38. The van der Waals surface area contributed by atoms with Gasteiger partial charge in [0.1, 0.15) is 0 Å². The minimum atomic E-state index is 0.562. The second kappa shape index (κ2) is 13.8. The summed E-state index contributed by atoms with van der Waals surface area (Å²) in [7, 11) is 0. The zero-order valence-corrected chi connectivity index (χ0v) is 29.7. The van der Waals surface area contributed by atoms with E-state index < -0.39 is 0 Å². The van der Waals surface area contributed by atoms with Crippen LogP contribution in [0, 0.1) is 0 Å². The van der Waals surface area contributed by atoms with Gasteiger partial charge >= 0.3 is 0 Å². The Kier molecular flexibility index (Phi) is 8.04. The average Bonchev–Trinajstić information content (AvgIpc) is 3.61. The summed E-state index contributed by atoms with van der Waals surface area (Å²) in [4.78, 5) is 25.7. The van der Waals surface area contributed by atoms with Crippen LogP contribution in [0.2, 0.25) is 0 Å².